The van der Waals surface area contributed by atoms with Crippen molar-refractivity contribution >= 4 is 71.3 Å². The van der Waals surface area contributed by atoms with Crippen molar-refractivity contribution in [2.24, 2.45) is 0 Å². The van der Waals surface area contributed by atoms with Crippen LogP contribution in [0.15, 0.2) is 0 Å². The van der Waals surface area contributed by atoms with Gasteiger partial charge in [0.25, 0.3) is 11.9 Å². The molecule has 0 bridgehead atoms. The van der Waals surface area contributed by atoms with Gasteiger partial charge in [0.1, 0.15) is 0 Å². The third-order valence-electron chi connectivity index (χ3n) is 4.74. The van der Waals surface area contributed by atoms with Crippen LogP contribution in [0.5, 0.6) is 0 Å². The highest BCUT2D eigenvalue weighted by atomic mass is 35.5. The van der Waals surface area contributed by atoms with Crippen LogP contribution in [0.25, 0.3) is 0 Å². The van der Waals surface area contributed by atoms with Crippen molar-refractivity contribution in [3.05, 3.63) is 5.28 Å². The molecule has 0 saturated carbocycles. The molecule has 0 atom stereocenters. The first-order valence-corrected chi connectivity index (χ1v) is 16.8. The van der Waals surface area contributed by atoms with Crippen molar-refractivity contribution in [1.82, 2.24) is 15.0 Å². The maximum Gasteiger partial charge on any atom is 0.252 e. The molecule has 0 aliphatic rings. The third kappa shape index (κ3) is 15.1. The molecule has 0 saturated heterocycles. The molecule has 0 spiro atoms. The molecular formula is C23H44ClN5S4. The van der Waals surface area contributed by atoms with Gasteiger partial charge in [-0.25, -0.2) is 7.42 Å². The number of unbranched alkanes of at least 4 members (excludes halogenated alkanes) is 8. The Morgan fingerprint density at radius 3 is 1.09 bits per heavy atom. The van der Waals surface area contributed by atoms with Crippen LogP contribution in [0.2, 0.25) is 5.28 Å². The molecule has 0 unspecified atom stereocenters. The minimum atomic E-state index is 0.275. The van der Waals surface area contributed by atoms with E-state index in [1.807, 2.05) is 0 Å². The van der Waals surface area contributed by atoms with E-state index in [4.69, 9.17) is 16.6 Å². The van der Waals surface area contributed by atoms with E-state index in [0.717, 1.165) is 23.0 Å². The minimum absolute atomic E-state index is 0.275. The molecule has 5 nitrogen and oxygen atoms in total. The standard InChI is InChI=1S/C23H44ClN5S4/c1-5-9-13-17-30-28(31-18-14-10-6-2)22-25-21(24)26-23(27-22)29(32-19-15-11-7-3)33-20-16-12-8-4/h5-20H2,1-4H3. The number of rotatable bonds is 22. The van der Waals surface area contributed by atoms with Crippen LogP contribution in [0.3, 0.4) is 0 Å². The summed E-state index contributed by atoms with van der Waals surface area (Å²) in [6.45, 7) is 8.96. The van der Waals surface area contributed by atoms with Gasteiger partial charge in [-0.1, -0.05) is 79.1 Å². The first-order chi connectivity index (χ1) is 16.2. The number of hydrogen-bond donors (Lipinski definition) is 0. The van der Waals surface area contributed by atoms with Gasteiger partial charge in [-0.2, -0.15) is 15.0 Å². The monoisotopic (exact) mass is 553 g/mol. The quantitative estimate of drug-likeness (QED) is 0.103. The van der Waals surface area contributed by atoms with E-state index < -0.39 is 0 Å². The lowest BCUT2D eigenvalue weighted by molar-refractivity contribution is 0.777. The summed E-state index contributed by atoms with van der Waals surface area (Å²) in [5.41, 5.74) is 0. The van der Waals surface area contributed by atoms with E-state index in [1.54, 1.807) is 47.8 Å². The first kappa shape index (κ1) is 31.3. The van der Waals surface area contributed by atoms with E-state index in [1.165, 1.54) is 77.0 Å². The van der Waals surface area contributed by atoms with Crippen molar-refractivity contribution < 1.29 is 0 Å². The second-order valence-electron chi connectivity index (χ2n) is 7.88. The van der Waals surface area contributed by atoms with Crippen molar-refractivity contribution in [2.45, 2.75) is 105 Å². The predicted octanol–water partition coefficient (Wildman–Crippen LogP) is 9.49. The molecule has 33 heavy (non-hydrogen) atoms. The molecule has 0 aliphatic carbocycles. The Morgan fingerprint density at radius 1 is 0.515 bits per heavy atom. The number of halogens is 1. The summed E-state index contributed by atoms with van der Waals surface area (Å²) in [6.07, 6.45) is 14.7. The highest BCUT2D eigenvalue weighted by molar-refractivity contribution is 8.18. The topological polar surface area (TPSA) is 45.2 Å². The fourth-order valence-corrected chi connectivity index (χ4v) is 7.22. The summed E-state index contributed by atoms with van der Waals surface area (Å²) in [6, 6.07) is 0. The Morgan fingerprint density at radius 2 is 0.818 bits per heavy atom. The Balaban J connectivity index is 2.96. The van der Waals surface area contributed by atoms with Gasteiger partial charge in [-0.3, -0.25) is 0 Å². The van der Waals surface area contributed by atoms with Crippen molar-refractivity contribution in [1.29, 1.82) is 0 Å². The van der Waals surface area contributed by atoms with E-state index >= 15 is 0 Å². The summed E-state index contributed by atoms with van der Waals surface area (Å²) in [4.78, 5) is 13.9. The molecule has 0 radical (unpaired) electrons. The maximum atomic E-state index is 6.42. The van der Waals surface area contributed by atoms with Gasteiger partial charge < -0.3 is 0 Å². The Hall–Kier alpha value is 0.300. The van der Waals surface area contributed by atoms with Gasteiger partial charge in [0.2, 0.25) is 5.28 Å². The maximum absolute atomic E-state index is 6.42. The predicted molar refractivity (Wildman–Crippen MR) is 158 cm³/mol. The van der Waals surface area contributed by atoms with E-state index in [-0.39, 0.29) is 5.28 Å². The van der Waals surface area contributed by atoms with Gasteiger partial charge in [0, 0.05) is 23.0 Å². The SMILES string of the molecule is CCCCCSN(SCCCCC)c1nc(Cl)nc(N(SCCCCC)SCCCCC)n1. The lowest BCUT2D eigenvalue weighted by atomic mass is 10.3. The average Bonchev–Trinajstić information content (AvgIpc) is 2.81. The number of anilines is 2. The Bertz CT molecular complexity index is 530. The second kappa shape index (κ2) is 21.6. The zero-order valence-corrected chi connectivity index (χ0v) is 25.1. The lowest BCUT2D eigenvalue weighted by Gasteiger charge is -2.23. The molecule has 0 amide bonds. The van der Waals surface area contributed by atoms with E-state index in [9.17, 15) is 0 Å². The fourth-order valence-electron chi connectivity index (χ4n) is 2.80. The highest BCUT2D eigenvalue weighted by Crippen LogP contribution is 2.34. The minimum Gasteiger partial charge on any atom is -0.225 e. The number of aromatic nitrogens is 3. The van der Waals surface area contributed by atoms with E-state index in [2.05, 4.69) is 45.1 Å². The van der Waals surface area contributed by atoms with Gasteiger partial charge >= 0.3 is 0 Å². The highest BCUT2D eigenvalue weighted by Gasteiger charge is 2.19. The molecule has 0 aliphatic heterocycles. The zero-order chi connectivity index (χ0) is 24.2. The third-order valence-corrected chi connectivity index (χ3v) is 9.65. The molecule has 1 heterocycles. The van der Waals surface area contributed by atoms with Gasteiger partial charge in [0.05, 0.1) is 0 Å². The average molecular weight is 554 g/mol. The number of hydrogen-bond acceptors (Lipinski definition) is 9. The molecule has 192 valence electrons. The molecular weight excluding hydrogens is 510 g/mol. The summed E-state index contributed by atoms with van der Waals surface area (Å²) in [5, 5.41) is 0.275. The van der Waals surface area contributed by atoms with Crippen LogP contribution in [0.4, 0.5) is 11.9 Å². The lowest BCUT2D eigenvalue weighted by Crippen LogP contribution is -2.16. The molecule has 10 heteroatoms. The van der Waals surface area contributed by atoms with Crippen molar-refractivity contribution in [3.8, 4) is 0 Å². The van der Waals surface area contributed by atoms with Crippen LogP contribution in [0.1, 0.15) is 105 Å². The molecule has 0 fully saturated rings. The number of nitrogens with zero attached hydrogens (tertiary/aromatic N) is 5. The van der Waals surface area contributed by atoms with Crippen molar-refractivity contribution in [3.63, 3.8) is 0 Å². The molecule has 1 rings (SSSR count). The Labute approximate surface area is 225 Å². The molecule has 1 aromatic heterocycles. The van der Waals surface area contributed by atoms with Crippen LogP contribution in [-0.2, 0) is 0 Å². The summed E-state index contributed by atoms with van der Waals surface area (Å²) in [7, 11) is 0. The van der Waals surface area contributed by atoms with Gasteiger partial charge in [-0.15, -0.1) is 0 Å². The summed E-state index contributed by atoms with van der Waals surface area (Å²) >= 11 is 13.6. The molecule has 0 aromatic carbocycles. The van der Waals surface area contributed by atoms with Gasteiger partial charge in [0.15, 0.2) is 0 Å². The first-order valence-electron chi connectivity index (χ1n) is 12.7. The Kier molecular flexibility index (Phi) is 20.5. The van der Waals surface area contributed by atoms with Gasteiger partial charge in [-0.05, 0) is 85.1 Å². The zero-order valence-electron chi connectivity index (χ0n) is 21.1. The van der Waals surface area contributed by atoms with Crippen LogP contribution >= 0.6 is 59.4 Å². The normalized spacial score (nSPS) is 11.2. The molecule has 1 aromatic rings. The summed E-state index contributed by atoms with van der Waals surface area (Å²) in [5.74, 6) is 5.59. The summed E-state index contributed by atoms with van der Waals surface area (Å²) < 4.78 is 4.34. The van der Waals surface area contributed by atoms with Crippen LogP contribution in [-0.4, -0.2) is 38.0 Å². The largest absolute Gasteiger partial charge is 0.252 e. The van der Waals surface area contributed by atoms with Crippen LogP contribution < -0.4 is 7.42 Å². The van der Waals surface area contributed by atoms with Crippen molar-refractivity contribution in [2.75, 3.05) is 30.4 Å². The fraction of sp³-hybridized carbons (Fsp3) is 0.870. The second-order valence-corrected chi connectivity index (χ2v) is 12.8. The molecule has 0 N–H and O–H groups in total. The van der Waals surface area contributed by atoms with E-state index in [0.29, 0.717) is 11.9 Å². The smallest absolute Gasteiger partial charge is 0.225 e. The van der Waals surface area contributed by atoms with Crippen LogP contribution in [0, 0.1) is 0 Å².